The van der Waals surface area contributed by atoms with Crippen LogP contribution in [0.1, 0.15) is 24.4 Å². The molecule has 0 unspecified atom stereocenters. The van der Waals surface area contributed by atoms with Gasteiger partial charge in [0.15, 0.2) is 0 Å². The molecule has 1 saturated heterocycles. The topological polar surface area (TPSA) is 104 Å². The fraction of sp³-hybridized carbons (Fsp3) is 0.321. The van der Waals surface area contributed by atoms with E-state index in [0.717, 1.165) is 56.8 Å². The molecule has 2 amide bonds. The van der Waals surface area contributed by atoms with E-state index in [4.69, 9.17) is 5.73 Å². The monoisotopic (exact) mass is 514 g/mol. The number of benzene rings is 2. The number of nitrogens with one attached hydrogen (secondary N) is 2. The standard InChI is InChI=1S/C28H31FN8O/c1-35-10-12-36(13-11-35)15-18-2-5-20(6-3-18)33-28(38)34-24-9-4-19(14-23(24)29)22-16-37(21-7-8-21)27-25(22)26(30)31-17-32-27/h2-6,9,14,16-17,21H,7-8,10-13,15H2,1H3,(H2,30,31,32)(H2,33,34,38). The van der Waals surface area contributed by atoms with Crippen LogP contribution in [0.4, 0.5) is 26.4 Å². The Kier molecular flexibility index (Phi) is 6.42. The van der Waals surface area contributed by atoms with Crippen molar-refractivity contribution < 1.29 is 9.18 Å². The molecule has 2 aromatic heterocycles. The van der Waals surface area contributed by atoms with E-state index in [1.165, 1.54) is 18.0 Å². The van der Waals surface area contributed by atoms with Crippen molar-refractivity contribution in [3.05, 3.63) is 66.4 Å². The maximum atomic E-state index is 15.1. The van der Waals surface area contributed by atoms with Crippen molar-refractivity contribution >= 4 is 34.3 Å². The van der Waals surface area contributed by atoms with Gasteiger partial charge in [0.1, 0.15) is 23.6 Å². The number of nitrogens with zero attached hydrogens (tertiary/aromatic N) is 5. The third kappa shape index (κ3) is 5.05. The number of rotatable bonds is 6. The van der Waals surface area contributed by atoms with E-state index in [2.05, 4.69) is 42.0 Å². The minimum Gasteiger partial charge on any atom is -0.383 e. The van der Waals surface area contributed by atoms with Crippen molar-refractivity contribution in [2.24, 2.45) is 0 Å². The third-order valence-corrected chi connectivity index (χ3v) is 7.32. The second kappa shape index (κ2) is 10.0. The van der Waals surface area contributed by atoms with Crippen molar-refractivity contribution in [1.82, 2.24) is 24.3 Å². The number of carbonyl (C=O) groups is 1. The van der Waals surface area contributed by atoms with Crippen LogP contribution in [0.15, 0.2) is 55.0 Å². The normalized spacial score (nSPS) is 16.6. The summed E-state index contributed by atoms with van der Waals surface area (Å²) in [6.45, 7) is 5.13. The lowest BCUT2D eigenvalue weighted by atomic mass is 10.1. The van der Waals surface area contributed by atoms with Crippen LogP contribution in [-0.2, 0) is 6.54 Å². The van der Waals surface area contributed by atoms with E-state index < -0.39 is 11.8 Å². The van der Waals surface area contributed by atoms with Crippen molar-refractivity contribution in [3.8, 4) is 11.1 Å². The highest BCUT2D eigenvalue weighted by Crippen LogP contribution is 2.42. The molecule has 1 saturated carbocycles. The van der Waals surface area contributed by atoms with Gasteiger partial charge in [-0.05, 0) is 55.3 Å². The average Bonchev–Trinajstić information content (AvgIpc) is 3.68. The molecule has 0 atom stereocenters. The van der Waals surface area contributed by atoms with Crippen LogP contribution in [-0.4, -0.2) is 63.6 Å². The van der Waals surface area contributed by atoms with Crippen molar-refractivity contribution in [3.63, 3.8) is 0 Å². The van der Waals surface area contributed by atoms with Gasteiger partial charge in [-0.2, -0.15) is 0 Å². The Morgan fingerprint density at radius 3 is 2.53 bits per heavy atom. The van der Waals surface area contributed by atoms with Gasteiger partial charge in [0.25, 0.3) is 0 Å². The van der Waals surface area contributed by atoms with Crippen molar-refractivity contribution in [1.29, 1.82) is 0 Å². The molecule has 0 radical (unpaired) electrons. The summed E-state index contributed by atoms with van der Waals surface area (Å²) in [4.78, 5) is 25.9. The zero-order chi connectivity index (χ0) is 26.2. The second-order valence-corrected chi connectivity index (χ2v) is 10.2. The van der Waals surface area contributed by atoms with E-state index in [9.17, 15) is 4.79 Å². The molecule has 1 aliphatic heterocycles. The van der Waals surface area contributed by atoms with E-state index in [1.807, 2.05) is 30.5 Å². The van der Waals surface area contributed by atoms with Crippen LogP contribution in [0.25, 0.3) is 22.2 Å². The van der Waals surface area contributed by atoms with Gasteiger partial charge < -0.3 is 25.8 Å². The number of piperazine rings is 1. The summed E-state index contributed by atoms with van der Waals surface area (Å²) >= 11 is 0. The first-order chi connectivity index (χ1) is 18.4. The molecule has 196 valence electrons. The van der Waals surface area contributed by atoms with Gasteiger partial charge in [-0.25, -0.2) is 19.2 Å². The summed E-state index contributed by atoms with van der Waals surface area (Å²) in [5.74, 6) is -0.177. The lowest BCUT2D eigenvalue weighted by molar-refractivity contribution is 0.148. The lowest BCUT2D eigenvalue weighted by Gasteiger charge is -2.32. The number of likely N-dealkylation sites (N-methyl/N-ethyl adjacent to an activating group) is 1. The van der Waals surface area contributed by atoms with Crippen LogP contribution >= 0.6 is 0 Å². The van der Waals surface area contributed by atoms with Gasteiger partial charge >= 0.3 is 6.03 Å². The quantitative estimate of drug-likeness (QED) is 0.349. The van der Waals surface area contributed by atoms with Gasteiger partial charge in [0.05, 0.1) is 11.1 Å². The van der Waals surface area contributed by atoms with E-state index in [-0.39, 0.29) is 5.69 Å². The van der Waals surface area contributed by atoms with Crippen molar-refractivity contribution in [2.75, 3.05) is 49.6 Å². The van der Waals surface area contributed by atoms with Crippen LogP contribution in [0, 0.1) is 5.82 Å². The number of urea groups is 1. The van der Waals surface area contributed by atoms with E-state index >= 15 is 4.39 Å². The van der Waals surface area contributed by atoms with Crippen LogP contribution in [0.3, 0.4) is 0 Å². The summed E-state index contributed by atoms with van der Waals surface area (Å²) < 4.78 is 17.2. The fourth-order valence-electron chi connectivity index (χ4n) is 4.98. The summed E-state index contributed by atoms with van der Waals surface area (Å²) in [5, 5.41) is 6.11. The number of hydrogen-bond donors (Lipinski definition) is 3. The largest absolute Gasteiger partial charge is 0.383 e. The predicted octanol–water partition coefficient (Wildman–Crippen LogP) is 4.55. The predicted molar refractivity (Wildman–Crippen MR) is 147 cm³/mol. The number of aromatic nitrogens is 3. The highest BCUT2D eigenvalue weighted by molar-refractivity contribution is 6.02. The molecular formula is C28H31FN8O. The van der Waals surface area contributed by atoms with Crippen LogP contribution in [0.2, 0.25) is 0 Å². The zero-order valence-electron chi connectivity index (χ0n) is 21.3. The van der Waals surface area contributed by atoms with Gasteiger partial charge in [0, 0.05) is 56.2 Å². The number of carbonyl (C=O) groups excluding carboxylic acids is 1. The van der Waals surface area contributed by atoms with Crippen molar-refractivity contribution in [2.45, 2.75) is 25.4 Å². The molecule has 10 heteroatoms. The molecule has 4 N–H and O–H groups in total. The smallest absolute Gasteiger partial charge is 0.323 e. The molecule has 2 aromatic carbocycles. The Balaban J connectivity index is 1.12. The molecule has 9 nitrogen and oxygen atoms in total. The summed E-state index contributed by atoms with van der Waals surface area (Å²) in [7, 11) is 2.14. The minimum absolute atomic E-state index is 0.0908. The zero-order valence-corrected chi connectivity index (χ0v) is 21.3. The first-order valence-electron chi connectivity index (χ1n) is 12.9. The van der Waals surface area contributed by atoms with Gasteiger partial charge in [-0.15, -0.1) is 0 Å². The molecule has 6 rings (SSSR count). The molecule has 3 heterocycles. The van der Waals surface area contributed by atoms with Crippen LogP contribution < -0.4 is 16.4 Å². The van der Waals surface area contributed by atoms with Crippen LogP contribution in [0.5, 0.6) is 0 Å². The maximum Gasteiger partial charge on any atom is 0.323 e. The Morgan fingerprint density at radius 2 is 1.82 bits per heavy atom. The Labute approximate surface area is 220 Å². The lowest BCUT2D eigenvalue weighted by Crippen LogP contribution is -2.43. The van der Waals surface area contributed by atoms with Gasteiger partial charge in [0.2, 0.25) is 0 Å². The second-order valence-electron chi connectivity index (χ2n) is 10.2. The number of anilines is 3. The first-order valence-corrected chi connectivity index (χ1v) is 12.9. The molecule has 4 aromatic rings. The number of nitrogens with two attached hydrogens (primary N) is 1. The molecule has 2 fully saturated rings. The number of fused-ring (bicyclic) bond motifs is 1. The molecule has 1 aliphatic carbocycles. The van der Waals surface area contributed by atoms with E-state index in [0.29, 0.717) is 28.5 Å². The molecule has 2 aliphatic rings. The Morgan fingerprint density at radius 1 is 1.05 bits per heavy atom. The highest BCUT2D eigenvalue weighted by atomic mass is 19.1. The average molecular weight is 515 g/mol. The molecule has 0 spiro atoms. The summed E-state index contributed by atoms with van der Waals surface area (Å²) in [6, 6.07) is 12.4. The van der Waals surface area contributed by atoms with E-state index in [1.54, 1.807) is 12.1 Å². The molecule has 0 bridgehead atoms. The minimum atomic E-state index is -0.539. The first kappa shape index (κ1) is 24.3. The summed E-state index contributed by atoms with van der Waals surface area (Å²) in [5.41, 5.74) is 10.3. The van der Waals surface area contributed by atoms with Gasteiger partial charge in [-0.3, -0.25) is 4.90 Å². The van der Waals surface area contributed by atoms with Gasteiger partial charge in [-0.1, -0.05) is 18.2 Å². The molecule has 38 heavy (non-hydrogen) atoms. The number of amides is 2. The maximum absolute atomic E-state index is 15.1. The fourth-order valence-corrected chi connectivity index (χ4v) is 4.98. The number of halogens is 1. The number of hydrogen-bond acceptors (Lipinski definition) is 6. The summed E-state index contributed by atoms with van der Waals surface area (Å²) in [6.07, 6.45) is 5.58. The third-order valence-electron chi connectivity index (χ3n) is 7.32. The SMILES string of the molecule is CN1CCN(Cc2ccc(NC(=O)Nc3ccc(-c4cn(C5CC5)c5ncnc(N)c45)cc3F)cc2)CC1. The highest BCUT2D eigenvalue weighted by Gasteiger charge is 2.28. The number of nitrogen functional groups attached to an aromatic ring is 1. The Bertz CT molecular complexity index is 1470. The molecular weight excluding hydrogens is 483 g/mol. The Hall–Kier alpha value is -4.02.